The smallest absolute Gasteiger partial charge is 0.249 e. The summed E-state index contributed by atoms with van der Waals surface area (Å²) in [4.78, 5) is 51.5. The van der Waals surface area contributed by atoms with E-state index in [0.29, 0.717) is 75.4 Å². The van der Waals surface area contributed by atoms with Crippen molar-refractivity contribution in [3.05, 3.63) is 79.1 Å². The monoisotopic (exact) mass is 840 g/mol. The molecule has 0 spiro atoms. The van der Waals surface area contributed by atoms with E-state index in [4.69, 9.17) is 10.5 Å². The predicted molar refractivity (Wildman–Crippen MR) is 234 cm³/mol. The fourth-order valence-corrected chi connectivity index (χ4v) is 10.3. The Morgan fingerprint density at radius 2 is 1.61 bits per heavy atom. The average molecular weight is 841 g/mol. The molecule has 5 aliphatic rings. The number of carbonyl (C=O) groups is 3. The minimum Gasteiger partial charge on any atom is -0.507 e. The number of imidazole rings is 1. The molecule has 5 aromatic rings. The van der Waals surface area contributed by atoms with Gasteiger partial charge in [0.25, 0.3) is 0 Å². The molecule has 0 radical (unpaired) electrons. The normalized spacial score (nSPS) is 22.9. The molecule has 5 saturated heterocycles. The predicted octanol–water partition coefficient (Wildman–Crippen LogP) is 4.41. The van der Waals surface area contributed by atoms with Crippen LogP contribution < -0.4 is 30.5 Å². The second kappa shape index (κ2) is 16.1. The number of aromatic hydroxyl groups is 1. The highest BCUT2D eigenvalue weighted by molar-refractivity contribution is 6.00. The number of carbonyl (C=O) groups excluding carboxylic acids is 3. The van der Waals surface area contributed by atoms with Crippen LogP contribution in [0.4, 0.5) is 22.9 Å². The topological polar surface area (TPSA) is 196 Å². The van der Waals surface area contributed by atoms with Gasteiger partial charge in [0.2, 0.25) is 17.7 Å². The third-order valence-corrected chi connectivity index (χ3v) is 13.7. The molecule has 2 bridgehead atoms. The number of benzene rings is 3. The number of imide groups is 1. The van der Waals surface area contributed by atoms with Crippen LogP contribution in [0.3, 0.4) is 0 Å². The Balaban J connectivity index is 0.717. The quantitative estimate of drug-likeness (QED) is 0.153. The van der Waals surface area contributed by atoms with Crippen LogP contribution in [0.1, 0.15) is 63.8 Å². The summed E-state index contributed by atoms with van der Waals surface area (Å²) in [5.41, 5.74) is 11.0. The number of hydrogen-bond donors (Lipinski definition) is 4. The molecule has 5 aliphatic heterocycles. The van der Waals surface area contributed by atoms with Crippen LogP contribution in [0.2, 0.25) is 0 Å². The molecule has 5 fully saturated rings. The number of para-hydroxylation sites is 2. The summed E-state index contributed by atoms with van der Waals surface area (Å²) < 4.78 is 8.40. The van der Waals surface area contributed by atoms with E-state index < -0.39 is 11.6 Å². The van der Waals surface area contributed by atoms with Gasteiger partial charge in [0.15, 0.2) is 5.82 Å². The first-order valence-corrected chi connectivity index (χ1v) is 21.8. The maximum absolute atomic E-state index is 13.6. The van der Waals surface area contributed by atoms with Gasteiger partial charge in [-0.25, -0.2) is 4.98 Å². The van der Waals surface area contributed by atoms with Gasteiger partial charge in [-0.05, 0) is 74.6 Å². The molecule has 0 aliphatic carbocycles. The zero-order chi connectivity index (χ0) is 42.5. The number of rotatable bonds is 9. The van der Waals surface area contributed by atoms with Gasteiger partial charge in [-0.1, -0.05) is 24.3 Å². The van der Waals surface area contributed by atoms with Crippen LogP contribution >= 0.6 is 0 Å². The lowest BCUT2D eigenvalue weighted by molar-refractivity contribution is -0.139. The summed E-state index contributed by atoms with van der Waals surface area (Å²) in [5.74, 6) is 0.756. The number of likely N-dealkylation sites (tertiary alicyclic amines) is 1. The molecule has 3 aromatic carbocycles. The number of nitrogens with one attached hydrogen (secondary N) is 1. The van der Waals surface area contributed by atoms with E-state index in [1.807, 2.05) is 51.9 Å². The van der Waals surface area contributed by atoms with Crippen molar-refractivity contribution in [3.63, 3.8) is 0 Å². The van der Waals surface area contributed by atoms with Crippen LogP contribution in [0.5, 0.6) is 11.5 Å². The van der Waals surface area contributed by atoms with Crippen LogP contribution in [-0.4, -0.2) is 116 Å². The van der Waals surface area contributed by atoms with Crippen molar-refractivity contribution in [1.29, 1.82) is 0 Å². The fourth-order valence-electron chi connectivity index (χ4n) is 10.3. The average Bonchev–Trinajstić information content (AvgIpc) is 3.82. The van der Waals surface area contributed by atoms with E-state index in [0.717, 1.165) is 59.8 Å². The number of ether oxygens (including phenoxy) is 1. The first-order valence-electron chi connectivity index (χ1n) is 21.8. The first kappa shape index (κ1) is 39.7. The molecule has 322 valence electrons. The zero-order valence-electron chi connectivity index (χ0n) is 34.6. The Hall–Kier alpha value is -6.42. The number of phenols is 1. The lowest BCUT2D eigenvalue weighted by Crippen LogP contribution is -2.54. The van der Waals surface area contributed by atoms with Crippen molar-refractivity contribution in [2.45, 2.75) is 87.6 Å². The molecule has 3 atom stereocenters. The van der Waals surface area contributed by atoms with Crippen LogP contribution in [0.25, 0.3) is 22.3 Å². The molecule has 1 unspecified atom stereocenters. The highest BCUT2D eigenvalue weighted by atomic mass is 16.5. The summed E-state index contributed by atoms with van der Waals surface area (Å²) in [7, 11) is 0. The Bertz CT molecular complexity index is 2500. The van der Waals surface area contributed by atoms with Gasteiger partial charge in [-0.15, -0.1) is 10.2 Å². The number of hydrogen-bond acceptors (Lipinski definition) is 13. The molecule has 16 heteroatoms. The number of nitrogen functional groups attached to an aromatic ring is 1. The summed E-state index contributed by atoms with van der Waals surface area (Å²) in [6, 6.07) is 23.4. The summed E-state index contributed by atoms with van der Waals surface area (Å²) >= 11 is 0. The highest BCUT2D eigenvalue weighted by Crippen LogP contribution is 2.40. The van der Waals surface area contributed by atoms with E-state index in [2.05, 4.69) is 53.4 Å². The lowest BCUT2D eigenvalue weighted by atomic mass is 9.87. The standard InChI is InChI=1S/C46H52N10O6/c47-44-39(24-35(50-51-44)34-7-1-2-10-40(34)57)54-26-30-11-12-31(27-54)56(30)29-5-3-6-33(23-29)62-32-15-19-53(20-16-32)42(59)25-46(61)17-21-52(22-18-46)36-8-4-9-37-43(36)48-28-55(37)38-13-14-41(58)49-45(38)60/h1-10,23-24,28,30-32,38,57,61H,11-22,25-27H2,(H2,47,51)(H,49,58,60)/t30-,31+,38?. The van der Waals surface area contributed by atoms with Gasteiger partial charge in [-0.2, -0.15) is 0 Å². The Morgan fingerprint density at radius 1 is 0.855 bits per heavy atom. The van der Waals surface area contributed by atoms with Gasteiger partial charge >= 0.3 is 0 Å². The third kappa shape index (κ3) is 7.60. The molecule has 10 rings (SSSR count). The molecule has 16 nitrogen and oxygen atoms in total. The number of phenolic OH excluding ortho intramolecular Hbond substituents is 1. The van der Waals surface area contributed by atoms with Crippen molar-refractivity contribution in [3.8, 4) is 22.8 Å². The molecular weight excluding hydrogens is 789 g/mol. The number of piperazine rings is 1. The number of aromatic nitrogens is 4. The summed E-state index contributed by atoms with van der Waals surface area (Å²) in [6.45, 7) is 3.86. The Labute approximate surface area is 359 Å². The van der Waals surface area contributed by atoms with Crippen molar-refractivity contribution < 1.29 is 29.3 Å². The largest absolute Gasteiger partial charge is 0.507 e. The number of aliphatic hydroxyl groups is 1. The van der Waals surface area contributed by atoms with Gasteiger partial charge < -0.3 is 44.9 Å². The zero-order valence-corrected chi connectivity index (χ0v) is 34.6. The van der Waals surface area contributed by atoms with Crippen molar-refractivity contribution in [2.75, 3.05) is 59.7 Å². The van der Waals surface area contributed by atoms with E-state index in [1.54, 1.807) is 18.5 Å². The molecular formula is C46H52N10O6. The number of fused-ring (bicyclic) bond motifs is 3. The van der Waals surface area contributed by atoms with Crippen molar-refractivity contribution in [1.82, 2.24) is 30.0 Å². The van der Waals surface area contributed by atoms with E-state index in [1.165, 1.54) is 0 Å². The molecule has 0 saturated carbocycles. The maximum Gasteiger partial charge on any atom is 0.249 e. The summed E-state index contributed by atoms with van der Waals surface area (Å²) in [6.07, 6.45) is 6.91. The van der Waals surface area contributed by atoms with Crippen molar-refractivity contribution >= 4 is 51.6 Å². The molecule has 7 heterocycles. The molecule has 5 N–H and O–H groups in total. The van der Waals surface area contributed by atoms with Crippen LogP contribution in [-0.2, 0) is 14.4 Å². The van der Waals surface area contributed by atoms with E-state index >= 15 is 0 Å². The second-order valence-electron chi connectivity index (χ2n) is 17.6. The van der Waals surface area contributed by atoms with Crippen LogP contribution in [0, 0.1) is 0 Å². The molecule has 62 heavy (non-hydrogen) atoms. The fraction of sp³-hybridized carbons (Fsp3) is 0.435. The van der Waals surface area contributed by atoms with Gasteiger partial charge in [0.05, 0.1) is 40.9 Å². The Morgan fingerprint density at radius 3 is 2.37 bits per heavy atom. The first-order chi connectivity index (χ1) is 30.1. The third-order valence-electron chi connectivity index (χ3n) is 13.7. The van der Waals surface area contributed by atoms with Crippen LogP contribution in [0.15, 0.2) is 79.1 Å². The SMILES string of the molecule is Nc1nnc(-c2ccccc2O)cc1N1C[C@H]2CC[C@@H](C1)N2c1cccc(OC2CCN(C(=O)CC3(O)CCN(c4cccc5c4ncn5C4CCC(=O)NC4=O)CC3)CC2)c1. The molecule has 3 amide bonds. The lowest BCUT2D eigenvalue weighted by Gasteiger charge is -2.43. The van der Waals surface area contributed by atoms with Gasteiger partial charge in [0, 0.05) is 87.9 Å². The number of nitrogens with two attached hydrogens (primary N) is 1. The van der Waals surface area contributed by atoms with E-state index in [-0.39, 0.29) is 54.5 Å². The highest BCUT2D eigenvalue weighted by Gasteiger charge is 2.42. The van der Waals surface area contributed by atoms with Gasteiger partial charge in [0.1, 0.15) is 29.2 Å². The minimum atomic E-state index is -1.09. The summed E-state index contributed by atoms with van der Waals surface area (Å²) in [5, 5.41) is 33.0. The number of amides is 3. The van der Waals surface area contributed by atoms with Crippen molar-refractivity contribution in [2.24, 2.45) is 0 Å². The minimum absolute atomic E-state index is 0.0178. The van der Waals surface area contributed by atoms with E-state index in [9.17, 15) is 24.6 Å². The number of nitrogens with zero attached hydrogens (tertiary/aromatic N) is 8. The second-order valence-corrected chi connectivity index (χ2v) is 17.6. The van der Waals surface area contributed by atoms with Gasteiger partial charge in [-0.3, -0.25) is 19.7 Å². The maximum atomic E-state index is 13.6. The Kier molecular flexibility index (Phi) is 10.3. The molecule has 2 aromatic heterocycles. The number of piperidine rings is 3. The number of anilines is 4.